The Balaban J connectivity index is 1.58. The zero-order chi connectivity index (χ0) is 18.4. The lowest BCUT2D eigenvalue weighted by Gasteiger charge is -2.08. The number of nitrogens with zero attached hydrogens (tertiary/aromatic N) is 1. The SMILES string of the molecule is O=C(NCc1cccnc1)Nc1ccc(S(=O)c2ccc(Cl)cc2)cc1. The molecule has 3 aromatic rings. The van der Waals surface area contributed by atoms with Crippen LogP contribution in [0.4, 0.5) is 10.5 Å². The van der Waals surface area contributed by atoms with Gasteiger partial charge in [-0.3, -0.25) is 4.98 Å². The molecule has 0 saturated heterocycles. The van der Waals surface area contributed by atoms with Crippen LogP contribution >= 0.6 is 11.6 Å². The van der Waals surface area contributed by atoms with E-state index in [1.54, 1.807) is 60.9 Å². The molecule has 0 saturated carbocycles. The number of carbonyl (C=O) groups excluding carboxylic acids is 1. The number of anilines is 1. The van der Waals surface area contributed by atoms with Crippen LogP contribution in [0.3, 0.4) is 0 Å². The van der Waals surface area contributed by atoms with Crippen molar-refractivity contribution in [3.8, 4) is 0 Å². The molecule has 132 valence electrons. The highest BCUT2D eigenvalue weighted by atomic mass is 35.5. The summed E-state index contributed by atoms with van der Waals surface area (Å²) in [6.07, 6.45) is 3.38. The second kappa shape index (κ2) is 8.60. The van der Waals surface area contributed by atoms with Crippen LogP contribution in [0.25, 0.3) is 0 Å². The van der Waals surface area contributed by atoms with E-state index < -0.39 is 10.8 Å². The topological polar surface area (TPSA) is 71.1 Å². The summed E-state index contributed by atoms with van der Waals surface area (Å²) in [5, 5.41) is 6.09. The summed E-state index contributed by atoms with van der Waals surface area (Å²) in [5.74, 6) is 0. The van der Waals surface area contributed by atoms with Crippen LogP contribution in [0.2, 0.25) is 5.02 Å². The van der Waals surface area contributed by atoms with Crippen LogP contribution in [0.1, 0.15) is 5.56 Å². The van der Waals surface area contributed by atoms with Crippen LogP contribution in [0.15, 0.2) is 82.8 Å². The lowest BCUT2D eigenvalue weighted by molar-refractivity contribution is 0.251. The number of pyridine rings is 1. The van der Waals surface area contributed by atoms with E-state index in [1.165, 1.54) is 0 Å². The first-order chi connectivity index (χ1) is 12.6. The molecule has 0 aliphatic rings. The summed E-state index contributed by atoms with van der Waals surface area (Å²) in [6, 6.07) is 17.1. The van der Waals surface area contributed by atoms with Gasteiger partial charge in [0.1, 0.15) is 0 Å². The van der Waals surface area contributed by atoms with Crippen molar-refractivity contribution < 1.29 is 9.00 Å². The van der Waals surface area contributed by atoms with Crippen LogP contribution < -0.4 is 10.6 Å². The summed E-state index contributed by atoms with van der Waals surface area (Å²) in [4.78, 5) is 17.3. The fourth-order valence-corrected chi connectivity index (χ4v) is 3.38. The van der Waals surface area contributed by atoms with E-state index in [-0.39, 0.29) is 6.03 Å². The third-order valence-corrected chi connectivity index (χ3v) is 5.18. The predicted molar refractivity (Wildman–Crippen MR) is 103 cm³/mol. The molecule has 26 heavy (non-hydrogen) atoms. The van der Waals surface area contributed by atoms with Gasteiger partial charge in [0.15, 0.2) is 0 Å². The monoisotopic (exact) mass is 385 g/mol. The largest absolute Gasteiger partial charge is 0.334 e. The van der Waals surface area contributed by atoms with Crippen molar-refractivity contribution in [3.05, 3.63) is 83.6 Å². The Morgan fingerprint density at radius 2 is 1.65 bits per heavy atom. The zero-order valence-corrected chi connectivity index (χ0v) is 15.3. The highest BCUT2D eigenvalue weighted by molar-refractivity contribution is 7.85. The van der Waals surface area contributed by atoms with Crippen molar-refractivity contribution in [3.63, 3.8) is 0 Å². The van der Waals surface area contributed by atoms with Crippen LogP contribution in [0.5, 0.6) is 0 Å². The molecular formula is C19H16ClN3O2S. The Labute approximate surface area is 158 Å². The smallest absolute Gasteiger partial charge is 0.319 e. The first kappa shape index (κ1) is 18.1. The van der Waals surface area contributed by atoms with Crippen LogP contribution in [0, 0.1) is 0 Å². The summed E-state index contributed by atoms with van der Waals surface area (Å²) >= 11 is 5.85. The van der Waals surface area contributed by atoms with E-state index in [0.717, 1.165) is 5.56 Å². The third kappa shape index (κ3) is 4.91. The highest BCUT2D eigenvalue weighted by Crippen LogP contribution is 2.20. The molecule has 0 aliphatic carbocycles. The predicted octanol–water partition coefficient (Wildman–Crippen LogP) is 4.22. The van der Waals surface area contributed by atoms with Gasteiger partial charge in [-0.2, -0.15) is 0 Å². The first-order valence-corrected chi connectivity index (χ1v) is 9.36. The number of urea groups is 1. The van der Waals surface area contributed by atoms with Gasteiger partial charge in [-0.25, -0.2) is 9.00 Å². The Kier molecular flexibility index (Phi) is 5.99. The van der Waals surface area contributed by atoms with Gasteiger partial charge < -0.3 is 10.6 Å². The van der Waals surface area contributed by atoms with E-state index >= 15 is 0 Å². The summed E-state index contributed by atoms with van der Waals surface area (Å²) in [7, 11) is -1.30. The van der Waals surface area contributed by atoms with Crippen molar-refractivity contribution in [2.45, 2.75) is 16.3 Å². The van der Waals surface area contributed by atoms with Crippen LogP contribution in [-0.4, -0.2) is 15.2 Å². The standard InChI is InChI=1S/C19H16ClN3O2S/c20-15-3-7-17(8-4-15)26(25)18-9-5-16(6-10-18)23-19(24)22-13-14-2-1-11-21-12-14/h1-12H,13H2,(H2,22,23,24). The molecule has 1 aromatic heterocycles. The Morgan fingerprint density at radius 1 is 1.00 bits per heavy atom. The van der Waals surface area contributed by atoms with Gasteiger partial charge in [0.05, 0.1) is 10.8 Å². The second-order valence-electron chi connectivity index (χ2n) is 5.42. The molecule has 0 spiro atoms. The molecule has 0 fully saturated rings. The van der Waals surface area contributed by atoms with Crippen molar-refractivity contribution in [2.24, 2.45) is 0 Å². The fraction of sp³-hybridized carbons (Fsp3) is 0.0526. The Bertz CT molecular complexity index is 900. The lowest BCUT2D eigenvalue weighted by Crippen LogP contribution is -2.28. The molecule has 2 aromatic carbocycles. The van der Waals surface area contributed by atoms with E-state index in [4.69, 9.17) is 11.6 Å². The van der Waals surface area contributed by atoms with Gasteiger partial charge in [-0.15, -0.1) is 0 Å². The lowest BCUT2D eigenvalue weighted by atomic mass is 10.3. The number of halogens is 1. The third-order valence-electron chi connectivity index (χ3n) is 3.53. The minimum Gasteiger partial charge on any atom is -0.334 e. The zero-order valence-electron chi connectivity index (χ0n) is 13.7. The van der Waals surface area contributed by atoms with Gasteiger partial charge in [-0.05, 0) is 60.2 Å². The van der Waals surface area contributed by atoms with Crippen molar-refractivity contribution >= 4 is 34.1 Å². The van der Waals surface area contributed by atoms with Crippen molar-refractivity contribution in [1.29, 1.82) is 0 Å². The minimum atomic E-state index is -1.30. The van der Waals surface area contributed by atoms with Crippen molar-refractivity contribution in [2.75, 3.05) is 5.32 Å². The average molecular weight is 386 g/mol. The number of rotatable bonds is 5. The number of nitrogens with one attached hydrogen (secondary N) is 2. The molecule has 0 aliphatic heterocycles. The quantitative estimate of drug-likeness (QED) is 0.690. The molecule has 1 unspecified atom stereocenters. The summed E-state index contributed by atoms with van der Waals surface area (Å²) < 4.78 is 12.5. The normalized spacial score (nSPS) is 11.6. The number of carbonyl (C=O) groups is 1. The Morgan fingerprint density at radius 3 is 2.27 bits per heavy atom. The number of hydrogen-bond acceptors (Lipinski definition) is 3. The molecule has 7 heteroatoms. The second-order valence-corrected chi connectivity index (χ2v) is 7.33. The van der Waals surface area contributed by atoms with Crippen LogP contribution in [-0.2, 0) is 17.3 Å². The molecule has 5 nitrogen and oxygen atoms in total. The molecule has 1 heterocycles. The highest BCUT2D eigenvalue weighted by Gasteiger charge is 2.08. The molecule has 1 atom stereocenters. The minimum absolute atomic E-state index is 0.319. The van der Waals surface area contributed by atoms with Gasteiger partial charge >= 0.3 is 6.03 Å². The summed E-state index contributed by atoms with van der Waals surface area (Å²) in [5.41, 5.74) is 1.53. The molecule has 0 radical (unpaired) electrons. The van der Waals surface area contributed by atoms with E-state index in [1.807, 2.05) is 12.1 Å². The maximum Gasteiger partial charge on any atom is 0.319 e. The van der Waals surface area contributed by atoms with E-state index in [9.17, 15) is 9.00 Å². The van der Waals surface area contributed by atoms with Gasteiger partial charge in [-0.1, -0.05) is 17.7 Å². The molecule has 0 bridgehead atoms. The maximum absolute atomic E-state index is 12.5. The number of aromatic nitrogens is 1. The molecule has 2 amide bonds. The van der Waals surface area contributed by atoms with E-state index in [2.05, 4.69) is 15.6 Å². The number of hydrogen-bond donors (Lipinski definition) is 2. The molecule has 3 rings (SSSR count). The maximum atomic E-state index is 12.5. The van der Waals surface area contributed by atoms with Gasteiger partial charge in [0.25, 0.3) is 0 Å². The van der Waals surface area contributed by atoms with Gasteiger partial charge in [0, 0.05) is 39.4 Å². The molecular weight excluding hydrogens is 370 g/mol. The van der Waals surface area contributed by atoms with Gasteiger partial charge in [0.2, 0.25) is 0 Å². The fourth-order valence-electron chi connectivity index (χ4n) is 2.22. The summed E-state index contributed by atoms with van der Waals surface area (Å²) in [6.45, 7) is 0.387. The first-order valence-electron chi connectivity index (χ1n) is 7.83. The number of benzene rings is 2. The molecule has 2 N–H and O–H groups in total. The Hall–Kier alpha value is -2.70. The van der Waals surface area contributed by atoms with E-state index in [0.29, 0.717) is 27.0 Å². The average Bonchev–Trinajstić information content (AvgIpc) is 2.68. The number of amides is 2. The van der Waals surface area contributed by atoms with Crippen molar-refractivity contribution in [1.82, 2.24) is 10.3 Å².